The van der Waals surface area contributed by atoms with Crippen molar-refractivity contribution in [3.8, 4) is 22.3 Å². The summed E-state index contributed by atoms with van der Waals surface area (Å²) in [7, 11) is 0. The summed E-state index contributed by atoms with van der Waals surface area (Å²) in [6.07, 6.45) is 0. The molecule has 0 aromatic heterocycles. The summed E-state index contributed by atoms with van der Waals surface area (Å²) < 4.78 is 0. The minimum Gasteiger partial charge on any atom is -0.147 e. The zero-order valence-electron chi connectivity index (χ0n) is 10.5. The fourth-order valence-corrected chi connectivity index (χ4v) is 2.14. The molecule has 3 aromatic rings. The van der Waals surface area contributed by atoms with Crippen molar-refractivity contribution in [3.05, 3.63) is 84.9 Å². The predicted molar refractivity (Wildman–Crippen MR) is 84.6 cm³/mol. The van der Waals surface area contributed by atoms with E-state index in [1.165, 1.54) is 22.3 Å². The minimum atomic E-state index is 0. The number of benzene rings is 3. The Morgan fingerprint density at radius 2 is 0.737 bits per heavy atom. The van der Waals surface area contributed by atoms with Crippen molar-refractivity contribution in [2.75, 3.05) is 0 Å². The molecule has 0 aliphatic rings. The maximum Gasteiger partial charge on any atom is -0.0178 e. The molecule has 0 amide bonds. The van der Waals surface area contributed by atoms with Gasteiger partial charge in [0.1, 0.15) is 0 Å². The number of rotatable bonds is 2. The second-order valence-corrected chi connectivity index (χ2v) is 4.31. The smallest absolute Gasteiger partial charge is 0.0178 e. The first-order valence-corrected chi connectivity index (χ1v) is 6.14. The molecule has 1 heteroatoms. The third kappa shape index (κ3) is 3.04. The highest BCUT2D eigenvalue weighted by Crippen LogP contribution is 2.25. The molecule has 0 saturated heterocycles. The Morgan fingerprint density at radius 1 is 0.368 bits per heavy atom. The molecule has 94 valence electrons. The van der Waals surface area contributed by atoms with Crippen LogP contribution in [-0.2, 0) is 0 Å². The molecule has 3 rings (SSSR count). The average molecular weight is 267 g/mol. The molecule has 0 spiro atoms. The van der Waals surface area contributed by atoms with Crippen molar-refractivity contribution in [2.45, 2.75) is 0 Å². The van der Waals surface area contributed by atoms with Crippen LogP contribution in [0.3, 0.4) is 0 Å². The van der Waals surface area contributed by atoms with Gasteiger partial charge in [0.2, 0.25) is 0 Å². The first-order valence-electron chi connectivity index (χ1n) is 6.14. The van der Waals surface area contributed by atoms with Gasteiger partial charge in [0.05, 0.1) is 0 Å². The molecule has 0 radical (unpaired) electrons. The monoisotopic (exact) mass is 266 g/mol. The molecule has 0 unspecified atom stereocenters. The van der Waals surface area contributed by atoms with Crippen LogP contribution in [0.1, 0.15) is 0 Å². The SMILES string of the molecule is Cl.c1ccc(-c2cccc(-c3ccccc3)c2)cc1. The van der Waals surface area contributed by atoms with E-state index < -0.39 is 0 Å². The van der Waals surface area contributed by atoms with Crippen molar-refractivity contribution in [2.24, 2.45) is 0 Å². The first kappa shape index (κ1) is 13.4. The third-order valence-corrected chi connectivity index (χ3v) is 3.08. The van der Waals surface area contributed by atoms with E-state index in [4.69, 9.17) is 0 Å². The molecule has 0 nitrogen and oxygen atoms in total. The molecule has 0 fully saturated rings. The van der Waals surface area contributed by atoms with Crippen LogP contribution < -0.4 is 0 Å². The molecule has 0 aliphatic heterocycles. The Bertz CT molecular complexity index is 575. The lowest BCUT2D eigenvalue weighted by Crippen LogP contribution is -1.80. The van der Waals surface area contributed by atoms with Crippen molar-refractivity contribution in [1.29, 1.82) is 0 Å². The van der Waals surface area contributed by atoms with Crippen LogP contribution in [0.15, 0.2) is 84.9 Å². The Morgan fingerprint density at radius 3 is 1.16 bits per heavy atom. The van der Waals surface area contributed by atoms with Crippen LogP contribution >= 0.6 is 12.4 Å². The topological polar surface area (TPSA) is 0 Å². The summed E-state index contributed by atoms with van der Waals surface area (Å²) >= 11 is 0. The lowest BCUT2D eigenvalue weighted by atomic mass is 9.99. The van der Waals surface area contributed by atoms with E-state index in [1.807, 2.05) is 12.1 Å². The zero-order valence-corrected chi connectivity index (χ0v) is 11.3. The van der Waals surface area contributed by atoms with Gasteiger partial charge in [-0.15, -0.1) is 12.4 Å². The molecule has 0 atom stereocenters. The standard InChI is InChI=1S/C18H14.ClH/c1-3-8-15(9-4-1)17-12-7-13-18(14-17)16-10-5-2-6-11-16;/h1-14H;1H. The maximum absolute atomic E-state index is 2.24. The third-order valence-electron chi connectivity index (χ3n) is 3.08. The maximum atomic E-state index is 2.24. The fraction of sp³-hybridized carbons (Fsp3) is 0. The molecule has 19 heavy (non-hydrogen) atoms. The molecular weight excluding hydrogens is 252 g/mol. The van der Waals surface area contributed by atoms with Gasteiger partial charge in [-0.2, -0.15) is 0 Å². The summed E-state index contributed by atoms with van der Waals surface area (Å²) in [4.78, 5) is 0. The summed E-state index contributed by atoms with van der Waals surface area (Å²) in [5, 5.41) is 0. The van der Waals surface area contributed by atoms with Gasteiger partial charge in [-0.3, -0.25) is 0 Å². The predicted octanol–water partition coefficient (Wildman–Crippen LogP) is 5.44. The highest BCUT2D eigenvalue weighted by atomic mass is 35.5. The van der Waals surface area contributed by atoms with Crippen molar-refractivity contribution in [3.63, 3.8) is 0 Å². The number of hydrogen-bond acceptors (Lipinski definition) is 0. The lowest BCUT2D eigenvalue weighted by Gasteiger charge is -2.05. The van der Waals surface area contributed by atoms with Crippen LogP contribution in [0.4, 0.5) is 0 Å². The first-order chi connectivity index (χ1) is 8.93. The zero-order chi connectivity index (χ0) is 12.2. The highest BCUT2D eigenvalue weighted by molar-refractivity contribution is 5.85. The van der Waals surface area contributed by atoms with E-state index in [9.17, 15) is 0 Å². The van der Waals surface area contributed by atoms with Crippen LogP contribution in [0.25, 0.3) is 22.3 Å². The molecule has 0 saturated carbocycles. The average Bonchev–Trinajstić information content (AvgIpc) is 2.49. The van der Waals surface area contributed by atoms with Crippen LogP contribution in [0.5, 0.6) is 0 Å². The lowest BCUT2D eigenvalue weighted by molar-refractivity contribution is 1.59. The van der Waals surface area contributed by atoms with Gasteiger partial charge in [0.25, 0.3) is 0 Å². The largest absolute Gasteiger partial charge is 0.147 e. The second kappa shape index (κ2) is 6.21. The van der Waals surface area contributed by atoms with Crippen molar-refractivity contribution >= 4 is 12.4 Å². The summed E-state index contributed by atoms with van der Waals surface area (Å²) in [5.74, 6) is 0. The molecule has 0 aliphatic carbocycles. The Balaban J connectivity index is 0.00000133. The minimum absolute atomic E-state index is 0. The fourth-order valence-electron chi connectivity index (χ4n) is 2.14. The van der Waals surface area contributed by atoms with Gasteiger partial charge in [-0.25, -0.2) is 0 Å². The van der Waals surface area contributed by atoms with Crippen LogP contribution in [0.2, 0.25) is 0 Å². The van der Waals surface area contributed by atoms with Gasteiger partial charge in [0.15, 0.2) is 0 Å². The van der Waals surface area contributed by atoms with Gasteiger partial charge >= 0.3 is 0 Å². The van der Waals surface area contributed by atoms with E-state index in [2.05, 4.69) is 72.8 Å². The Kier molecular flexibility index (Phi) is 4.38. The van der Waals surface area contributed by atoms with Crippen molar-refractivity contribution in [1.82, 2.24) is 0 Å². The van der Waals surface area contributed by atoms with Gasteiger partial charge < -0.3 is 0 Å². The normalized spacial score (nSPS) is 9.68. The van der Waals surface area contributed by atoms with E-state index >= 15 is 0 Å². The van der Waals surface area contributed by atoms with Gasteiger partial charge in [-0.1, -0.05) is 78.9 Å². The quantitative estimate of drug-likeness (QED) is 0.579. The van der Waals surface area contributed by atoms with E-state index in [0.29, 0.717) is 0 Å². The molecule has 3 aromatic carbocycles. The molecule has 0 bridgehead atoms. The van der Waals surface area contributed by atoms with Gasteiger partial charge in [-0.05, 0) is 28.3 Å². The van der Waals surface area contributed by atoms with Gasteiger partial charge in [0, 0.05) is 0 Å². The summed E-state index contributed by atoms with van der Waals surface area (Å²) in [6.45, 7) is 0. The second-order valence-electron chi connectivity index (χ2n) is 4.31. The van der Waals surface area contributed by atoms with Crippen molar-refractivity contribution < 1.29 is 0 Å². The molecule has 0 N–H and O–H groups in total. The molecular formula is C18H15Cl. The number of hydrogen-bond donors (Lipinski definition) is 0. The van der Waals surface area contributed by atoms with Crippen LogP contribution in [0, 0.1) is 0 Å². The Labute approximate surface area is 120 Å². The van der Waals surface area contributed by atoms with Crippen LogP contribution in [-0.4, -0.2) is 0 Å². The highest BCUT2D eigenvalue weighted by Gasteiger charge is 2.00. The molecule has 0 heterocycles. The summed E-state index contributed by atoms with van der Waals surface area (Å²) in [5.41, 5.74) is 5.04. The summed E-state index contributed by atoms with van der Waals surface area (Å²) in [6, 6.07) is 29.6. The van der Waals surface area contributed by atoms with E-state index in [-0.39, 0.29) is 12.4 Å². The van der Waals surface area contributed by atoms with E-state index in [0.717, 1.165) is 0 Å². The Hall–Kier alpha value is -2.05. The van der Waals surface area contributed by atoms with E-state index in [1.54, 1.807) is 0 Å². The number of halogens is 1.